The lowest BCUT2D eigenvalue weighted by Gasteiger charge is -2.39. The van der Waals surface area contributed by atoms with Gasteiger partial charge < -0.3 is 25.2 Å². The van der Waals surface area contributed by atoms with Crippen LogP contribution in [0.25, 0.3) is 11.3 Å². The van der Waals surface area contributed by atoms with Crippen molar-refractivity contribution in [1.29, 1.82) is 0 Å². The zero-order valence-electron chi connectivity index (χ0n) is 28.0. The molecule has 1 fully saturated rings. The third-order valence-electron chi connectivity index (χ3n) is 7.58. The van der Waals surface area contributed by atoms with Crippen LogP contribution in [-0.4, -0.2) is 65.9 Å². The molecule has 2 aromatic carbocycles. The molecule has 1 atom stereocenters. The summed E-state index contributed by atoms with van der Waals surface area (Å²) in [5.41, 5.74) is 2.46. The lowest BCUT2D eigenvalue weighted by Crippen LogP contribution is -2.56. The highest BCUT2D eigenvalue weighted by Gasteiger charge is 2.33. The first-order valence-electron chi connectivity index (χ1n) is 15.7. The molecule has 13 heteroatoms. The topological polar surface area (TPSA) is 169 Å². The van der Waals surface area contributed by atoms with Gasteiger partial charge in [0.1, 0.15) is 12.2 Å². The fourth-order valence-electron chi connectivity index (χ4n) is 5.49. The van der Waals surface area contributed by atoms with Crippen LogP contribution in [0.15, 0.2) is 53.4 Å². The zero-order chi connectivity index (χ0) is 34.5. The Kier molecular flexibility index (Phi) is 11.1. The molecule has 254 valence electrons. The van der Waals surface area contributed by atoms with Crippen LogP contribution in [0.4, 0.5) is 10.7 Å². The van der Waals surface area contributed by atoms with Crippen LogP contribution in [0, 0.1) is 19.8 Å². The molecule has 0 bridgehead atoms. The molecule has 1 saturated carbocycles. The molecule has 1 heterocycles. The van der Waals surface area contributed by atoms with Gasteiger partial charge >= 0.3 is 12.1 Å². The molecule has 0 spiro atoms. The number of carboxylic acid groups (broad SMARTS) is 1. The van der Waals surface area contributed by atoms with Crippen molar-refractivity contribution >= 4 is 28.0 Å². The summed E-state index contributed by atoms with van der Waals surface area (Å²) in [5.74, 6) is -0.897. The number of rotatable bonds is 13. The lowest BCUT2D eigenvalue weighted by molar-refractivity contribution is 0.0459. The first-order chi connectivity index (χ1) is 22.0. The van der Waals surface area contributed by atoms with E-state index in [1.165, 1.54) is 18.2 Å². The fraction of sp³-hybridized carbons (Fsp3) is 0.471. The summed E-state index contributed by atoms with van der Waals surface area (Å²) < 4.78 is 40.6. The first kappa shape index (κ1) is 35.6. The number of carboxylic acids is 1. The Morgan fingerprint density at radius 1 is 1.00 bits per heavy atom. The lowest BCUT2D eigenvalue weighted by atomic mass is 9.86. The van der Waals surface area contributed by atoms with Gasteiger partial charge in [0.2, 0.25) is 11.8 Å². The molecular weight excluding hydrogens is 622 g/mol. The molecule has 12 nitrogen and oxygen atoms in total. The average Bonchev–Trinajstić information content (AvgIpc) is 2.93. The highest BCUT2D eigenvalue weighted by Crippen LogP contribution is 2.30. The van der Waals surface area contributed by atoms with Gasteiger partial charge in [-0.1, -0.05) is 38.1 Å². The quantitative estimate of drug-likeness (QED) is 0.177. The molecule has 47 heavy (non-hydrogen) atoms. The van der Waals surface area contributed by atoms with Gasteiger partial charge in [-0.15, -0.1) is 0 Å². The van der Waals surface area contributed by atoms with Gasteiger partial charge in [-0.3, -0.25) is 0 Å². The number of aryl methyl sites for hydroxylation is 2. The summed E-state index contributed by atoms with van der Waals surface area (Å²) in [6, 6.07) is 12.7. The van der Waals surface area contributed by atoms with E-state index in [0.29, 0.717) is 11.6 Å². The smallest absolute Gasteiger partial charge is 0.407 e. The number of aromatic carboxylic acids is 1. The van der Waals surface area contributed by atoms with Crippen molar-refractivity contribution in [3.63, 3.8) is 0 Å². The minimum absolute atomic E-state index is 0.0246. The van der Waals surface area contributed by atoms with Gasteiger partial charge in [-0.2, -0.15) is 4.98 Å². The van der Waals surface area contributed by atoms with Gasteiger partial charge in [-0.25, -0.2) is 27.7 Å². The molecule has 0 unspecified atom stereocenters. The first-order valence-corrected chi connectivity index (χ1v) is 17.2. The Morgan fingerprint density at radius 2 is 1.66 bits per heavy atom. The number of sulfonamides is 1. The minimum Gasteiger partial charge on any atom is -0.478 e. The van der Waals surface area contributed by atoms with E-state index in [1.807, 2.05) is 52.8 Å². The van der Waals surface area contributed by atoms with Crippen molar-refractivity contribution in [1.82, 2.24) is 20.6 Å². The largest absolute Gasteiger partial charge is 0.478 e. The number of carbonyl (C=O) groups excluding carboxylic acids is 1. The van der Waals surface area contributed by atoms with E-state index in [2.05, 4.69) is 39.2 Å². The summed E-state index contributed by atoms with van der Waals surface area (Å²) in [4.78, 5) is 32.3. The molecule has 0 aliphatic heterocycles. The molecule has 0 saturated heterocycles. The molecule has 0 radical (unpaired) electrons. The van der Waals surface area contributed by atoms with E-state index in [1.54, 1.807) is 6.07 Å². The molecule has 4 N–H and O–H groups in total. The number of amides is 1. The highest BCUT2D eigenvalue weighted by atomic mass is 32.2. The second-order valence-corrected chi connectivity index (χ2v) is 15.1. The van der Waals surface area contributed by atoms with Gasteiger partial charge in [0, 0.05) is 29.8 Å². The fourth-order valence-corrected chi connectivity index (χ4v) is 6.47. The Labute approximate surface area is 276 Å². The third kappa shape index (κ3) is 10.1. The van der Waals surface area contributed by atoms with Crippen LogP contribution in [0.2, 0.25) is 0 Å². The Morgan fingerprint density at radius 3 is 2.28 bits per heavy atom. The van der Waals surface area contributed by atoms with E-state index in [0.717, 1.165) is 42.0 Å². The summed E-state index contributed by atoms with van der Waals surface area (Å²) in [6.07, 6.45) is 1.90. The average molecular weight is 668 g/mol. The number of ether oxygens (including phenoxy) is 2. The number of carbonyl (C=O) groups is 2. The highest BCUT2D eigenvalue weighted by molar-refractivity contribution is 7.92. The molecule has 3 aromatic rings. The Balaban J connectivity index is 1.53. The normalized spacial score (nSPS) is 17.0. The second kappa shape index (κ2) is 14.7. The Bertz CT molecular complexity index is 1680. The van der Waals surface area contributed by atoms with Gasteiger partial charge in [0.15, 0.2) is 0 Å². The predicted molar refractivity (Wildman–Crippen MR) is 179 cm³/mol. The summed E-state index contributed by atoms with van der Waals surface area (Å²) in [5, 5.41) is 15.9. The number of nitrogens with one attached hydrogen (secondary N) is 3. The summed E-state index contributed by atoms with van der Waals surface area (Å²) >= 11 is 0. The number of alkyl carbamates (subject to hydrolysis) is 1. The minimum atomic E-state index is -4.23. The van der Waals surface area contributed by atoms with Crippen molar-refractivity contribution in [2.75, 3.05) is 11.3 Å². The molecule has 1 aliphatic carbocycles. The van der Waals surface area contributed by atoms with E-state index >= 15 is 0 Å². The molecule has 1 aromatic heterocycles. The van der Waals surface area contributed by atoms with Crippen LogP contribution in [0.1, 0.15) is 75.4 Å². The number of nitrogens with zero attached hydrogens (tertiary/aromatic N) is 2. The maximum absolute atomic E-state index is 13.3. The van der Waals surface area contributed by atoms with Crippen molar-refractivity contribution in [3.05, 3.63) is 65.2 Å². The standard InChI is InChI=1S/C34H45N5O7S/c1-20(2)14-26(35-24-16-25(17-24)36-33(42)46-34(5,6)7)19-45-29-18-28(30-21(3)10-8-11-22(30)4)37-32(38-29)39-47(43,44)27-13-9-12-23(15-27)31(40)41/h8-13,15,18,20,24-26,35H,14,16-17,19H2,1-7H3,(H,36,42)(H,40,41)(H,37,38,39)/t24?,25?,26-/m1/s1. The van der Waals surface area contributed by atoms with Crippen molar-refractivity contribution in [2.24, 2.45) is 5.92 Å². The molecule has 4 rings (SSSR count). The molecular formula is C34H45N5O7S. The van der Waals surface area contributed by atoms with E-state index in [4.69, 9.17) is 9.47 Å². The predicted octanol–water partition coefficient (Wildman–Crippen LogP) is 5.70. The number of hydrogen-bond donors (Lipinski definition) is 4. The zero-order valence-corrected chi connectivity index (χ0v) is 28.8. The van der Waals surface area contributed by atoms with Crippen molar-refractivity contribution < 1.29 is 32.6 Å². The number of hydrogen-bond acceptors (Lipinski definition) is 9. The Hall–Kier alpha value is -4.23. The second-order valence-electron chi connectivity index (χ2n) is 13.4. The van der Waals surface area contributed by atoms with Crippen molar-refractivity contribution in [2.45, 2.75) is 96.4 Å². The van der Waals surface area contributed by atoms with Crippen LogP contribution < -0.4 is 20.1 Å². The number of benzene rings is 2. The van der Waals surface area contributed by atoms with Gasteiger partial charge in [0.25, 0.3) is 10.0 Å². The van der Waals surface area contributed by atoms with Gasteiger partial charge in [0.05, 0.1) is 16.2 Å². The van der Waals surface area contributed by atoms with E-state index in [9.17, 15) is 23.1 Å². The third-order valence-corrected chi connectivity index (χ3v) is 8.90. The molecule has 1 aliphatic rings. The van der Waals surface area contributed by atoms with E-state index in [-0.39, 0.29) is 47.0 Å². The van der Waals surface area contributed by atoms with Crippen LogP contribution in [0.5, 0.6) is 5.88 Å². The number of anilines is 1. The summed E-state index contributed by atoms with van der Waals surface area (Å²) in [6.45, 7) is 13.9. The van der Waals surface area contributed by atoms with Crippen LogP contribution >= 0.6 is 0 Å². The maximum Gasteiger partial charge on any atom is 0.407 e. The monoisotopic (exact) mass is 667 g/mol. The summed E-state index contributed by atoms with van der Waals surface area (Å²) in [7, 11) is -4.23. The van der Waals surface area contributed by atoms with Crippen LogP contribution in [-0.2, 0) is 14.8 Å². The SMILES string of the molecule is Cc1cccc(C)c1-c1cc(OC[C@@H](CC(C)C)NC2CC(NC(=O)OC(C)(C)C)C2)nc(NS(=O)(=O)c2cccc(C(=O)O)c2)n1. The number of aromatic nitrogens is 2. The molecule has 1 amide bonds. The van der Waals surface area contributed by atoms with E-state index < -0.39 is 27.7 Å². The van der Waals surface area contributed by atoms with Crippen molar-refractivity contribution in [3.8, 4) is 17.1 Å². The van der Waals surface area contributed by atoms with Gasteiger partial charge in [-0.05, 0) is 89.1 Å². The van der Waals surface area contributed by atoms with Crippen LogP contribution in [0.3, 0.4) is 0 Å². The maximum atomic E-state index is 13.3.